The largest absolute Gasteiger partial charge is 0.367 e. The van der Waals surface area contributed by atoms with Gasteiger partial charge in [0.2, 0.25) is 5.91 Å². The van der Waals surface area contributed by atoms with Crippen molar-refractivity contribution in [2.75, 3.05) is 14.2 Å². The molecule has 0 fully saturated rings. The molecule has 6 nitrogen and oxygen atoms in total. The molecule has 0 aromatic heterocycles. The molecule has 0 aromatic rings. The van der Waals surface area contributed by atoms with Crippen LogP contribution in [0.25, 0.3) is 0 Å². The average molecular weight is 224 g/mol. The van der Waals surface area contributed by atoms with Crippen LogP contribution in [0.2, 0.25) is 0 Å². The van der Waals surface area contributed by atoms with Crippen LogP contribution in [0.1, 0.15) is 19.8 Å². The van der Waals surface area contributed by atoms with Crippen LogP contribution in [-0.2, 0) is 18.4 Å². The van der Waals surface area contributed by atoms with Crippen molar-refractivity contribution < 1.29 is 18.4 Å². The van der Waals surface area contributed by atoms with E-state index in [0.29, 0.717) is 6.42 Å². The molecule has 1 unspecified atom stereocenters. The van der Waals surface area contributed by atoms with Gasteiger partial charge < -0.3 is 20.5 Å². The molecule has 0 heterocycles. The fourth-order valence-corrected chi connectivity index (χ4v) is 2.74. The lowest BCUT2D eigenvalue weighted by Crippen LogP contribution is -2.52. The van der Waals surface area contributed by atoms with Crippen molar-refractivity contribution >= 4 is 13.5 Å². The van der Waals surface area contributed by atoms with Crippen molar-refractivity contribution in [3.63, 3.8) is 0 Å². The van der Waals surface area contributed by atoms with Gasteiger partial charge in [-0.1, -0.05) is 13.3 Å². The highest BCUT2D eigenvalue weighted by Crippen LogP contribution is 2.57. The predicted octanol–water partition coefficient (Wildman–Crippen LogP) is 0.413. The summed E-state index contributed by atoms with van der Waals surface area (Å²) < 4.78 is 21.3. The van der Waals surface area contributed by atoms with E-state index < -0.39 is 18.8 Å². The second-order valence-electron chi connectivity index (χ2n) is 2.90. The van der Waals surface area contributed by atoms with E-state index in [-0.39, 0.29) is 6.42 Å². The smallest absolute Gasteiger partial charge is 0.359 e. The number of carbonyl (C=O) groups is 1. The topological polar surface area (TPSA) is 105 Å². The Morgan fingerprint density at radius 1 is 1.43 bits per heavy atom. The van der Waals surface area contributed by atoms with Gasteiger partial charge in [-0.05, 0) is 6.42 Å². The third-order valence-electron chi connectivity index (χ3n) is 2.03. The average Bonchev–Trinajstić information content (AvgIpc) is 2.16. The summed E-state index contributed by atoms with van der Waals surface area (Å²) in [7, 11) is -1.33. The third-order valence-corrected chi connectivity index (χ3v) is 4.41. The van der Waals surface area contributed by atoms with Gasteiger partial charge >= 0.3 is 7.60 Å². The van der Waals surface area contributed by atoms with Gasteiger partial charge in [-0.15, -0.1) is 0 Å². The van der Waals surface area contributed by atoms with Gasteiger partial charge in [0.1, 0.15) is 0 Å². The lowest BCUT2D eigenvalue weighted by Gasteiger charge is -2.30. The molecule has 0 rings (SSSR count). The second-order valence-corrected chi connectivity index (χ2v) is 5.42. The third kappa shape index (κ3) is 2.15. The summed E-state index contributed by atoms with van der Waals surface area (Å²) in [6.45, 7) is 1.79. The van der Waals surface area contributed by atoms with Crippen LogP contribution in [-0.4, -0.2) is 25.4 Å². The molecule has 1 atom stereocenters. The molecule has 0 spiro atoms. The quantitative estimate of drug-likeness (QED) is 0.636. The summed E-state index contributed by atoms with van der Waals surface area (Å²) in [5, 5.41) is -1.74. The number of hydrogen-bond acceptors (Lipinski definition) is 5. The molecule has 0 aliphatic heterocycles. The van der Waals surface area contributed by atoms with Gasteiger partial charge in [0.25, 0.3) is 0 Å². The number of rotatable bonds is 6. The van der Waals surface area contributed by atoms with Crippen molar-refractivity contribution in [2.24, 2.45) is 11.5 Å². The van der Waals surface area contributed by atoms with Crippen molar-refractivity contribution in [1.82, 2.24) is 0 Å². The van der Waals surface area contributed by atoms with Gasteiger partial charge in [0, 0.05) is 14.2 Å². The van der Waals surface area contributed by atoms with E-state index in [4.69, 9.17) is 11.5 Å². The Hall–Kier alpha value is -0.420. The molecular weight excluding hydrogens is 207 g/mol. The first-order valence-corrected chi connectivity index (χ1v) is 5.72. The lowest BCUT2D eigenvalue weighted by atomic mass is 10.1. The minimum atomic E-state index is -3.67. The fourth-order valence-electron chi connectivity index (χ4n) is 1.18. The zero-order chi connectivity index (χ0) is 11.4. The van der Waals surface area contributed by atoms with Crippen molar-refractivity contribution in [3.05, 3.63) is 0 Å². The standard InChI is InChI=1S/C7H17N2O4P/c1-4-5-7(9,6(8)10)14(11,12-2)13-3/h4-5,9H2,1-3H3,(H2,8,10). The summed E-state index contributed by atoms with van der Waals surface area (Å²) in [5.74, 6) is -0.883. The maximum Gasteiger partial charge on any atom is 0.359 e. The molecule has 0 aromatic carbocycles. The number of hydrogen-bond donors (Lipinski definition) is 2. The number of amides is 1. The minimum Gasteiger partial charge on any atom is -0.367 e. The molecule has 84 valence electrons. The molecule has 7 heteroatoms. The Balaban J connectivity index is 5.17. The Morgan fingerprint density at radius 3 is 2.07 bits per heavy atom. The highest BCUT2D eigenvalue weighted by Gasteiger charge is 2.51. The molecule has 4 N–H and O–H groups in total. The van der Waals surface area contributed by atoms with Crippen LogP contribution in [0.3, 0.4) is 0 Å². The van der Waals surface area contributed by atoms with Gasteiger partial charge in [-0.2, -0.15) is 0 Å². The molecule has 0 saturated carbocycles. The summed E-state index contributed by atoms with van der Waals surface area (Å²) in [6, 6.07) is 0. The van der Waals surface area contributed by atoms with Gasteiger partial charge in [-0.25, -0.2) is 0 Å². The normalized spacial score (nSPS) is 16.3. The van der Waals surface area contributed by atoms with Gasteiger partial charge in [-0.3, -0.25) is 9.36 Å². The molecular formula is C7H17N2O4P. The summed E-state index contributed by atoms with van der Waals surface area (Å²) >= 11 is 0. The summed E-state index contributed by atoms with van der Waals surface area (Å²) in [4.78, 5) is 11.1. The molecule has 0 radical (unpaired) electrons. The number of nitrogens with two attached hydrogens (primary N) is 2. The van der Waals surface area contributed by atoms with Crippen molar-refractivity contribution in [2.45, 2.75) is 25.0 Å². The van der Waals surface area contributed by atoms with Gasteiger partial charge in [0.05, 0.1) is 0 Å². The van der Waals surface area contributed by atoms with Crippen molar-refractivity contribution in [3.8, 4) is 0 Å². The Morgan fingerprint density at radius 2 is 1.86 bits per heavy atom. The minimum absolute atomic E-state index is 0.154. The number of primary amides is 1. The van der Waals surface area contributed by atoms with E-state index in [1.54, 1.807) is 6.92 Å². The van der Waals surface area contributed by atoms with Crippen LogP contribution in [0.15, 0.2) is 0 Å². The lowest BCUT2D eigenvalue weighted by molar-refractivity contribution is -0.121. The molecule has 0 aliphatic carbocycles. The summed E-state index contributed by atoms with van der Waals surface area (Å²) in [6.07, 6.45) is 0.706. The number of carbonyl (C=O) groups excluding carboxylic acids is 1. The van der Waals surface area contributed by atoms with E-state index in [0.717, 1.165) is 0 Å². The van der Waals surface area contributed by atoms with Crippen LogP contribution < -0.4 is 11.5 Å². The molecule has 1 amide bonds. The zero-order valence-corrected chi connectivity index (χ0v) is 9.54. The van der Waals surface area contributed by atoms with Crippen LogP contribution in [0, 0.1) is 0 Å². The van der Waals surface area contributed by atoms with Crippen molar-refractivity contribution in [1.29, 1.82) is 0 Å². The molecule has 14 heavy (non-hydrogen) atoms. The Kier molecular flexibility index (Phi) is 4.74. The maximum atomic E-state index is 11.9. The first kappa shape index (κ1) is 13.6. The van der Waals surface area contributed by atoms with Crippen LogP contribution in [0.5, 0.6) is 0 Å². The highest BCUT2D eigenvalue weighted by molar-refractivity contribution is 7.56. The Labute approximate surface area is 83.5 Å². The van der Waals surface area contributed by atoms with E-state index >= 15 is 0 Å². The Bertz CT molecular complexity index is 250. The predicted molar refractivity (Wildman–Crippen MR) is 52.6 cm³/mol. The molecule has 0 saturated heterocycles. The molecule has 0 bridgehead atoms. The van der Waals surface area contributed by atoms with E-state index in [9.17, 15) is 9.36 Å². The SMILES string of the molecule is CCCC(N)(C(N)=O)P(=O)(OC)OC. The van der Waals surface area contributed by atoms with E-state index in [2.05, 4.69) is 9.05 Å². The monoisotopic (exact) mass is 224 g/mol. The fraction of sp³-hybridized carbons (Fsp3) is 0.857. The highest BCUT2D eigenvalue weighted by atomic mass is 31.2. The first-order chi connectivity index (χ1) is 6.38. The zero-order valence-electron chi connectivity index (χ0n) is 8.65. The first-order valence-electron chi connectivity index (χ1n) is 4.18. The summed E-state index contributed by atoms with van der Waals surface area (Å²) in [5.41, 5.74) is 10.8. The molecule has 0 aliphatic rings. The van der Waals surface area contributed by atoms with Crippen LogP contribution in [0.4, 0.5) is 0 Å². The van der Waals surface area contributed by atoms with Crippen LogP contribution >= 0.6 is 7.60 Å². The maximum absolute atomic E-state index is 11.9. The second kappa shape index (κ2) is 4.89. The van der Waals surface area contributed by atoms with E-state index in [1.165, 1.54) is 14.2 Å². The van der Waals surface area contributed by atoms with Gasteiger partial charge in [0.15, 0.2) is 5.28 Å². The van der Waals surface area contributed by atoms with E-state index in [1.807, 2.05) is 0 Å².